The molecule has 0 fully saturated rings. The SMILES string of the molecule is CCC(CC(C)(CCCCCF)c1ccc(=O)[nH]n1)C(C)(Cl)Cl. The van der Waals surface area contributed by atoms with Crippen molar-refractivity contribution in [2.45, 2.75) is 69.0 Å². The predicted molar refractivity (Wildman–Crippen MR) is 95.2 cm³/mol. The number of nitrogens with one attached hydrogen (secondary N) is 1. The van der Waals surface area contributed by atoms with Crippen LogP contribution in [0, 0.1) is 5.92 Å². The van der Waals surface area contributed by atoms with E-state index in [1.807, 2.05) is 6.92 Å². The summed E-state index contributed by atoms with van der Waals surface area (Å²) < 4.78 is 11.5. The van der Waals surface area contributed by atoms with Crippen LogP contribution in [0.2, 0.25) is 0 Å². The van der Waals surface area contributed by atoms with E-state index in [0.29, 0.717) is 6.42 Å². The van der Waals surface area contributed by atoms with E-state index in [1.54, 1.807) is 6.07 Å². The van der Waals surface area contributed by atoms with Gasteiger partial charge in [0.1, 0.15) is 4.33 Å². The Balaban J connectivity index is 2.99. The van der Waals surface area contributed by atoms with Crippen LogP contribution in [-0.4, -0.2) is 21.2 Å². The Morgan fingerprint density at radius 3 is 2.43 bits per heavy atom. The molecule has 1 aromatic heterocycles. The Hall–Kier alpha value is -0.610. The number of hydrogen-bond acceptors (Lipinski definition) is 2. The van der Waals surface area contributed by atoms with Gasteiger partial charge in [-0.2, -0.15) is 5.10 Å². The fourth-order valence-electron chi connectivity index (χ4n) is 3.03. The molecule has 0 radical (unpaired) electrons. The molecule has 0 aromatic carbocycles. The molecule has 6 heteroatoms. The summed E-state index contributed by atoms with van der Waals surface area (Å²) in [6, 6.07) is 3.25. The van der Waals surface area contributed by atoms with Gasteiger partial charge in [0.05, 0.1) is 12.4 Å². The summed E-state index contributed by atoms with van der Waals surface area (Å²) in [6.45, 7) is 5.71. The lowest BCUT2D eigenvalue weighted by Gasteiger charge is -2.36. The summed E-state index contributed by atoms with van der Waals surface area (Å²) in [5.41, 5.74) is 0.347. The molecule has 3 nitrogen and oxygen atoms in total. The lowest BCUT2D eigenvalue weighted by molar-refractivity contribution is 0.279. The number of aromatic nitrogens is 2. The summed E-state index contributed by atoms with van der Waals surface area (Å²) >= 11 is 12.7. The molecule has 0 bridgehead atoms. The van der Waals surface area contributed by atoms with Crippen molar-refractivity contribution in [3.05, 3.63) is 28.2 Å². The molecule has 0 aliphatic heterocycles. The third kappa shape index (κ3) is 6.42. The van der Waals surface area contributed by atoms with Crippen molar-refractivity contribution in [3.63, 3.8) is 0 Å². The van der Waals surface area contributed by atoms with Crippen molar-refractivity contribution in [1.29, 1.82) is 0 Å². The van der Waals surface area contributed by atoms with Crippen LogP contribution in [0.3, 0.4) is 0 Å². The number of rotatable bonds is 10. The number of halogens is 3. The average molecular weight is 365 g/mol. The molecule has 0 aliphatic carbocycles. The largest absolute Gasteiger partial charge is 0.268 e. The zero-order valence-corrected chi connectivity index (χ0v) is 15.7. The van der Waals surface area contributed by atoms with E-state index in [-0.39, 0.29) is 23.6 Å². The summed E-state index contributed by atoms with van der Waals surface area (Å²) in [4.78, 5) is 11.3. The first kappa shape index (κ1) is 20.4. The Labute approximate surface area is 148 Å². The van der Waals surface area contributed by atoms with Crippen LogP contribution in [0.5, 0.6) is 0 Å². The Morgan fingerprint density at radius 2 is 1.96 bits per heavy atom. The van der Waals surface area contributed by atoms with Crippen molar-refractivity contribution >= 4 is 23.2 Å². The molecule has 1 aromatic rings. The van der Waals surface area contributed by atoms with E-state index in [4.69, 9.17) is 23.2 Å². The molecule has 1 heterocycles. The van der Waals surface area contributed by atoms with Gasteiger partial charge in [-0.05, 0) is 38.2 Å². The van der Waals surface area contributed by atoms with Crippen molar-refractivity contribution in [1.82, 2.24) is 10.2 Å². The van der Waals surface area contributed by atoms with Gasteiger partial charge in [-0.1, -0.05) is 33.1 Å². The molecule has 0 amide bonds. The Kier molecular flexibility index (Phi) is 8.02. The molecular formula is C17H27Cl2FN2O. The van der Waals surface area contributed by atoms with Gasteiger partial charge >= 0.3 is 0 Å². The molecule has 0 saturated carbocycles. The van der Waals surface area contributed by atoms with E-state index < -0.39 is 4.33 Å². The third-order valence-electron chi connectivity index (χ3n) is 4.57. The van der Waals surface area contributed by atoms with E-state index in [2.05, 4.69) is 24.0 Å². The average Bonchev–Trinajstić information content (AvgIpc) is 2.49. The minimum atomic E-state index is -0.822. The minimum absolute atomic E-state index is 0.103. The van der Waals surface area contributed by atoms with Gasteiger partial charge in [-0.25, -0.2) is 5.10 Å². The second-order valence-electron chi connectivity index (χ2n) is 6.63. The monoisotopic (exact) mass is 364 g/mol. The number of H-pyrrole nitrogens is 1. The zero-order chi connectivity index (χ0) is 17.5. The van der Waals surface area contributed by atoms with Gasteiger partial charge in [0.15, 0.2) is 0 Å². The lowest BCUT2D eigenvalue weighted by Crippen LogP contribution is -2.33. The first-order chi connectivity index (χ1) is 10.7. The van der Waals surface area contributed by atoms with E-state index >= 15 is 0 Å². The van der Waals surface area contributed by atoms with Gasteiger partial charge in [0.2, 0.25) is 0 Å². The fraction of sp³-hybridized carbons (Fsp3) is 0.765. The molecule has 1 rings (SSSR count). The van der Waals surface area contributed by atoms with Crippen molar-refractivity contribution in [2.24, 2.45) is 5.92 Å². The zero-order valence-electron chi connectivity index (χ0n) is 14.2. The highest BCUT2D eigenvalue weighted by Gasteiger charge is 2.37. The van der Waals surface area contributed by atoms with Crippen LogP contribution in [0.25, 0.3) is 0 Å². The smallest absolute Gasteiger partial charge is 0.264 e. The third-order valence-corrected chi connectivity index (χ3v) is 5.18. The standard InChI is InChI=1S/C17H27Cl2FN2O/c1-4-13(17(3,18)19)12-16(2,10-6-5-7-11-20)14-8-9-15(23)22-21-14/h8-9,13H,4-7,10-12H2,1-3H3,(H,22,23). The first-order valence-electron chi connectivity index (χ1n) is 8.23. The molecule has 132 valence electrons. The number of alkyl halides is 3. The summed E-state index contributed by atoms with van der Waals surface area (Å²) in [5.74, 6) is 0.103. The van der Waals surface area contributed by atoms with Gasteiger partial charge in [-0.15, -0.1) is 23.2 Å². The quantitative estimate of drug-likeness (QED) is 0.459. The molecule has 0 saturated heterocycles. The summed E-state index contributed by atoms with van der Waals surface area (Å²) in [7, 11) is 0. The Bertz CT molecular complexity index is 510. The Morgan fingerprint density at radius 1 is 1.26 bits per heavy atom. The maximum Gasteiger partial charge on any atom is 0.264 e. The fourth-order valence-corrected chi connectivity index (χ4v) is 3.49. The first-order valence-corrected chi connectivity index (χ1v) is 8.98. The summed E-state index contributed by atoms with van der Waals surface area (Å²) in [5, 5.41) is 6.73. The second-order valence-corrected chi connectivity index (χ2v) is 8.40. The number of hydrogen-bond donors (Lipinski definition) is 1. The molecule has 2 atom stereocenters. The number of aromatic amines is 1. The van der Waals surface area contributed by atoms with Crippen LogP contribution in [0.4, 0.5) is 4.39 Å². The highest BCUT2D eigenvalue weighted by Crippen LogP contribution is 2.43. The van der Waals surface area contributed by atoms with Crippen LogP contribution in [0.1, 0.15) is 65.0 Å². The van der Waals surface area contributed by atoms with Crippen LogP contribution in [-0.2, 0) is 5.41 Å². The van der Waals surface area contributed by atoms with Crippen LogP contribution < -0.4 is 5.56 Å². The summed E-state index contributed by atoms with van der Waals surface area (Å²) in [6.07, 6.45) is 4.79. The molecule has 1 N–H and O–H groups in total. The topological polar surface area (TPSA) is 45.8 Å². The number of unbranched alkanes of at least 4 members (excludes halogenated alkanes) is 2. The van der Waals surface area contributed by atoms with E-state index in [1.165, 1.54) is 6.07 Å². The molecule has 2 unspecified atom stereocenters. The molecule has 0 aliphatic rings. The van der Waals surface area contributed by atoms with Gasteiger partial charge < -0.3 is 0 Å². The van der Waals surface area contributed by atoms with Crippen LogP contribution >= 0.6 is 23.2 Å². The van der Waals surface area contributed by atoms with Crippen molar-refractivity contribution in [3.8, 4) is 0 Å². The maximum absolute atomic E-state index is 12.3. The minimum Gasteiger partial charge on any atom is -0.268 e. The lowest BCUT2D eigenvalue weighted by atomic mass is 9.73. The molecule has 0 spiro atoms. The molecular weight excluding hydrogens is 338 g/mol. The van der Waals surface area contributed by atoms with E-state index in [9.17, 15) is 9.18 Å². The highest BCUT2D eigenvalue weighted by atomic mass is 35.5. The van der Waals surface area contributed by atoms with Gasteiger partial charge in [-0.3, -0.25) is 9.18 Å². The van der Waals surface area contributed by atoms with Gasteiger partial charge in [0, 0.05) is 11.5 Å². The van der Waals surface area contributed by atoms with Gasteiger partial charge in [0.25, 0.3) is 5.56 Å². The van der Waals surface area contributed by atoms with E-state index in [0.717, 1.165) is 37.8 Å². The highest BCUT2D eigenvalue weighted by molar-refractivity contribution is 6.48. The molecule has 23 heavy (non-hydrogen) atoms. The predicted octanol–water partition coefficient (Wildman–Crippen LogP) is 5.17. The van der Waals surface area contributed by atoms with Crippen molar-refractivity contribution < 1.29 is 4.39 Å². The normalized spacial score (nSPS) is 16.1. The van der Waals surface area contributed by atoms with Crippen LogP contribution in [0.15, 0.2) is 16.9 Å². The number of nitrogens with zero attached hydrogens (tertiary/aromatic N) is 1. The van der Waals surface area contributed by atoms with Crippen molar-refractivity contribution in [2.75, 3.05) is 6.67 Å². The second kappa shape index (κ2) is 9.03. The maximum atomic E-state index is 12.3.